The van der Waals surface area contributed by atoms with E-state index in [-0.39, 0.29) is 23.9 Å². The molecule has 1 heterocycles. The van der Waals surface area contributed by atoms with Crippen molar-refractivity contribution in [3.05, 3.63) is 17.0 Å². The maximum atomic E-state index is 12.4. The third-order valence-electron chi connectivity index (χ3n) is 2.52. The van der Waals surface area contributed by atoms with E-state index < -0.39 is 10.0 Å². The van der Waals surface area contributed by atoms with E-state index >= 15 is 0 Å². The first kappa shape index (κ1) is 16.5. The summed E-state index contributed by atoms with van der Waals surface area (Å²) in [4.78, 5) is 0.941. The molecule has 0 saturated carbocycles. The molecule has 1 aromatic heterocycles. The molecule has 0 aliphatic carbocycles. The lowest BCUT2D eigenvalue weighted by Gasteiger charge is -2.19. The maximum Gasteiger partial charge on any atom is 0.252 e. The van der Waals surface area contributed by atoms with E-state index in [9.17, 15) is 8.42 Å². The van der Waals surface area contributed by atoms with Crippen molar-refractivity contribution in [2.24, 2.45) is 5.73 Å². The zero-order valence-corrected chi connectivity index (χ0v) is 12.5. The molecule has 0 saturated heterocycles. The molecule has 1 aromatic rings. The van der Waals surface area contributed by atoms with Crippen LogP contribution in [-0.4, -0.2) is 57.8 Å². The number of aliphatic hydroxyl groups is 1. The number of ether oxygens (including phenoxy) is 1. The second kappa shape index (κ2) is 7.93. The van der Waals surface area contributed by atoms with Gasteiger partial charge in [0.05, 0.1) is 13.2 Å². The average molecular weight is 308 g/mol. The number of thiophene rings is 1. The highest BCUT2D eigenvalue weighted by molar-refractivity contribution is 7.91. The topological polar surface area (TPSA) is 92.9 Å². The van der Waals surface area contributed by atoms with Crippen molar-refractivity contribution in [1.29, 1.82) is 0 Å². The fraction of sp³-hybridized carbons (Fsp3) is 0.636. The third kappa shape index (κ3) is 4.51. The Bertz CT molecular complexity index is 473. The Morgan fingerprint density at radius 1 is 1.42 bits per heavy atom. The number of hydrogen-bond donors (Lipinski definition) is 2. The Hall–Kier alpha value is -0.510. The van der Waals surface area contributed by atoms with Gasteiger partial charge in [0.25, 0.3) is 10.0 Å². The number of methoxy groups -OCH3 is 1. The van der Waals surface area contributed by atoms with Crippen molar-refractivity contribution in [2.75, 3.05) is 40.0 Å². The number of nitrogens with two attached hydrogens (primary N) is 1. The zero-order chi connectivity index (χ0) is 14.3. The third-order valence-corrected chi connectivity index (χ3v) is 6.03. The summed E-state index contributed by atoms with van der Waals surface area (Å²) in [6.07, 6.45) is 0.665. The smallest absolute Gasteiger partial charge is 0.252 e. The van der Waals surface area contributed by atoms with Crippen molar-refractivity contribution in [3.8, 4) is 0 Å². The van der Waals surface area contributed by atoms with Gasteiger partial charge in [-0.2, -0.15) is 4.31 Å². The van der Waals surface area contributed by atoms with Crippen LogP contribution < -0.4 is 5.73 Å². The lowest BCUT2D eigenvalue weighted by molar-refractivity contribution is 0.169. The summed E-state index contributed by atoms with van der Waals surface area (Å²) in [6, 6.07) is 3.36. The number of aliphatic hydroxyl groups excluding tert-OH is 1. The van der Waals surface area contributed by atoms with Gasteiger partial charge in [-0.3, -0.25) is 0 Å². The van der Waals surface area contributed by atoms with E-state index in [1.807, 2.05) is 0 Å². The predicted octanol–water partition coefficient (Wildman–Crippen LogP) is -0.121. The zero-order valence-electron chi connectivity index (χ0n) is 10.9. The number of nitrogens with zero attached hydrogens (tertiary/aromatic N) is 1. The van der Waals surface area contributed by atoms with E-state index in [1.165, 1.54) is 22.8 Å². The number of rotatable bonds is 9. The van der Waals surface area contributed by atoms with E-state index in [4.69, 9.17) is 15.6 Å². The van der Waals surface area contributed by atoms with Crippen LogP contribution in [0.4, 0.5) is 0 Å². The molecule has 6 nitrogen and oxygen atoms in total. The summed E-state index contributed by atoms with van der Waals surface area (Å²) in [6.45, 7) is 0.855. The summed E-state index contributed by atoms with van der Waals surface area (Å²) < 4.78 is 31.2. The van der Waals surface area contributed by atoms with Crippen LogP contribution in [0, 0.1) is 0 Å². The van der Waals surface area contributed by atoms with Gasteiger partial charge in [0, 0.05) is 25.1 Å². The summed E-state index contributed by atoms with van der Waals surface area (Å²) in [5.74, 6) is 0. The van der Waals surface area contributed by atoms with Gasteiger partial charge in [-0.15, -0.1) is 11.3 Å². The molecule has 0 aromatic carbocycles. The van der Waals surface area contributed by atoms with Crippen LogP contribution in [0.1, 0.15) is 4.88 Å². The molecule has 3 N–H and O–H groups in total. The number of sulfonamides is 1. The van der Waals surface area contributed by atoms with Gasteiger partial charge in [-0.1, -0.05) is 0 Å². The molecule has 0 fully saturated rings. The molecule has 110 valence electrons. The first-order valence-electron chi connectivity index (χ1n) is 5.95. The van der Waals surface area contributed by atoms with Crippen molar-refractivity contribution in [1.82, 2.24) is 4.31 Å². The molecule has 0 bridgehead atoms. The second-order valence-corrected chi connectivity index (χ2v) is 7.21. The Kier molecular flexibility index (Phi) is 6.90. The minimum Gasteiger partial charge on any atom is -0.395 e. The largest absolute Gasteiger partial charge is 0.395 e. The first-order chi connectivity index (χ1) is 9.06. The molecular formula is C11H20N2O4S2. The lowest BCUT2D eigenvalue weighted by Crippen LogP contribution is -2.35. The van der Waals surface area contributed by atoms with Crippen molar-refractivity contribution < 1.29 is 18.3 Å². The van der Waals surface area contributed by atoms with E-state index in [0.717, 1.165) is 4.88 Å². The molecule has 19 heavy (non-hydrogen) atoms. The number of hydrogen-bond acceptors (Lipinski definition) is 6. The Morgan fingerprint density at radius 2 is 2.16 bits per heavy atom. The molecule has 0 spiro atoms. The fourth-order valence-corrected chi connectivity index (χ4v) is 4.50. The van der Waals surface area contributed by atoms with Crippen LogP contribution in [-0.2, 0) is 21.2 Å². The Labute approximate surface area is 117 Å². The normalized spacial score (nSPS) is 12.2. The van der Waals surface area contributed by atoms with Crippen molar-refractivity contribution in [3.63, 3.8) is 0 Å². The van der Waals surface area contributed by atoms with Crippen LogP contribution >= 0.6 is 11.3 Å². The molecule has 0 unspecified atom stereocenters. The first-order valence-corrected chi connectivity index (χ1v) is 8.20. The van der Waals surface area contributed by atoms with Gasteiger partial charge in [0.15, 0.2) is 0 Å². The second-order valence-electron chi connectivity index (χ2n) is 3.88. The highest BCUT2D eigenvalue weighted by atomic mass is 32.2. The summed E-state index contributed by atoms with van der Waals surface area (Å²) >= 11 is 1.22. The van der Waals surface area contributed by atoms with Crippen molar-refractivity contribution >= 4 is 21.4 Å². The maximum absolute atomic E-state index is 12.4. The van der Waals surface area contributed by atoms with Gasteiger partial charge in [-0.25, -0.2) is 8.42 Å². The quantitative estimate of drug-likeness (QED) is 0.663. The lowest BCUT2D eigenvalue weighted by atomic mass is 10.3. The minimum atomic E-state index is -3.56. The fourth-order valence-electron chi connectivity index (χ4n) is 1.56. The van der Waals surface area contributed by atoms with Gasteiger partial charge >= 0.3 is 0 Å². The monoisotopic (exact) mass is 308 g/mol. The molecule has 0 radical (unpaired) electrons. The van der Waals surface area contributed by atoms with Crippen LogP contribution in [0.15, 0.2) is 16.3 Å². The molecule has 0 aliphatic rings. The van der Waals surface area contributed by atoms with E-state index in [1.54, 1.807) is 12.1 Å². The summed E-state index contributed by atoms with van der Waals surface area (Å²) in [7, 11) is -2.05. The van der Waals surface area contributed by atoms with E-state index in [2.05, 4.69) is 0 Å². The van der Waals surface area contributed by atoms with Gasteiger partial charge < -0.3 is 15.6 Å². The summed E-state index contributed by atoms with van der Waals surface area (Å²) in [5, 5.41) is 8.98. The summed E-state index contributed by atoms with van der Waals surface area (Å²) in [5.41, 5.74) is 5.45. The minimum absolute atomic E-state index is 0.0653. The molecule has 0 aliphatic heterocycles. The average Bonchev–Trinajstić information content (AvgIpc) is 2.84. The Morgan fingerprint density at radius 3 is 2.74 bits per heavy atom. The standard InChI is InChI=1S/C11H20N2O4S2/c1-17-9-7-13(6-8-14)19(15,16)11-3-2-10(18-11)4-5-12/h2-3,14H,4-9,12H2,1H3. The Balaban J connectivity index is 2.90. The molecule has 1 rings (SSSR count). The molecule has 0 atom stereocenters. The van der Waals surface area contributed by atoms with Gasteiger partial charge in [0.1, 0.15) is 4.21 Å². The highest BCUT2D eigenvalue weighted by Gasteiger charge is 2.25. The van der Waals surface area contributed by atoms with Gasteiger partial charge in [-0.05, 0) is 25.1 Å². The van der Waals surface area contributed by atoms with Crippen LogP contribution in [0.5, 0.6) is 0 Å². The molecule has 0 amide bonds. The van der Waals surface area contributed by atoms with Crippen LogP contribution in [0.25, 0.3) is 0 Å². The van der Waals surface area contributed by atoms with Crippen LogP contribution in [0.2, 0.25) is 0 Å². The van der Waals surface area contributed by atoms with Crippen LogP contribution in [0.3, 0.4) is 0 Å². The predicted molar refractivity (Wildman–Crippen MR) is 74.8 cm³/mol. The SMILES string of the molecule is COCCN(CCO)S(=O)(=O)c1ccc(CCN)s1. The van der Waals surface area contributed by atoms with E-state index in [0.29, 0.717) is 19.6 Å². The molecule has 8 heteroatoms. The van der Waals surface area contributed by atoms with Crippen molar-refractivity contribution in [2.45, 2.75) is 10.6 Å². The van der Waals surface area contributed by atoms with Gasteiger partial charge in [0.2, 0.25) is 0 Å². The molecular weight excluding hydrogens is 288 g/mol. The highest BCUT2D eigenvalue weighted by Crippen LogP contribution is 2.25.